The number of aromatic hydroxyl groups is 1. The molecular weight excluding hydrogens is 514 g/mol. The Bertz CT molecular complexity index is 1020. The molecule has 5 amide bonds. The number of amides is 5. The number of carboxylic acids is 1. The van der Waals surface area contributed by atoms with Gasteiger partial charge >= 0.3 is 5.97 Å². The molecule has 0 aromatic heterocycles. The molecule has 13 N–H and O–H groups in total. The molecule has 15 heteroatoms. The van der Waals surface area contributed by atoms with Crippen LogP contribution in [0, 0.1) is 0 Å². The molecule has 1 aromatic carbocycles. The fourth-order valence-electron chi connectivity index (χ4n) is 3.49. The number of unbranched alkanes of at least 4 members (excludes halogenated alkanes) is 1. The second-order valence-corrected chi connectivity index (χ2v) is 8.96. The minimum Gasteiger partial charge on any atom is -0.508 e. The molecule has 0 heterocycles. The van der Waals surface area contributed by atoms with Crippen LogP contribution in [0.2, 0.25) is 0 Å². The zero-order chi connectivity index (χ0) is 29.5. The quantitative estimate of drug-likeness (QED) is 0.0837. The van der Waals surface area contributed by atoms with Crippen LogP contribution < -0.4 is 38.9 Å². The lowest BCUT2D eigenvalue weighted by Gasteiger charge is -2.25. The van der Waals surface area contributed by atoms with Gasteiger partial charge in [-0.2, -0.15) is 0 Å². The summed E-state index contributed by atoms with van der Waals surface area (Å²) in [5, 5.41) is 26.1. The maximum atomic E-state index is 13.3. The van der Waals surface area contributed by atoms with Crippen LogP contribution in [0.15, 0.2) is 24.3 Å². The Balaban J connectivity index is 3.14. The summed E-state index contributed by atoms with van der Waals surface area (Å²) in [7, 11) is 0. The number of aliphatic carboxylic acids is 1. The van der Waals surface area contributed by atoms with Crippen molar-refractivity contribution in [3.8, 4) is 5.75 Å². The molecule has 4 atom stereocenters. The second kappa shape index (κ2) is 16.6. The number of benzene rings is 1. The van der Waals surface area contributed by atoms with Crippen molar-refractivity contribution in [1.29, 1.82) is 0 Å². The van der Waals surface area contributed by atoms with E-state index in [1.54, 1.807) is 0 Å². The van der Waals surface area contributed by atoms with Gasteiger partial charge in [-0.25, -0.2) is 4.79 Å². The predicted octanol–water partition coefficient (Wildman–Crippen LogP) is -2.93. The predicted molar refractivity (Wildman–Crippen MR) is 138 cm³/mol. The molecule has 4 unspecified atom stereocenters. The summed E-state index contributed by atoms with van der Waals surface area (Å²) in [6, 6.07) is 0.593. The third kappa shape index (κ3) is 12.7. The maximum Gasteiger partial charge on any atom is 0.326 e. The Hall–Kier alpha value is -4.24. The molecule has 39 heavy (non-hydrogen) atoms. The average molecular weight is 552 g/mol. The minimum absolute atomic E-state index is 0.0159. The van der Waals surface area contributed by atoms with Crippen LogP contribution in [-0.4, -0.2) is 76.4 Å². The van der Waals surface area contributed by atoms with Crippen molar-refractivity contribution >= 4 is 35.5 Å². The minimum atomic E-state index is -1.61. The van der Waals surface area contributed by atoms with E-state index in [0.29, 0.717) is 24.9 Å². The van der Waals surface area contributed by atoms with Crippen molar-refractivity contribution < 1.29 is 39.0 Å². The number of carbonyl (C=O) groups is 6. The Kier molecular flexibility index (Phi) is 13.9. The van der Waals surface area contributed by atoms with E-state index in [-0.39, 0.29) is 31.4 Å². The number of rotatable bonds is 18. The number of phenols is 1. The van der Waals surface area contributed by atoms with Crippen molar-refractivity contribution in [2.24, 2.45) is 22.9 Å². The summed E-state index contributed by atoms with van der Waals surface area (Å²) in [4.78, 5) is 72.6. The van der Waals surface area contributed by atoms with Crippen LogP contribution in [0.5, 0.6) is 5.75 Å². The molecule has 0 saturated carbocycles. The molecule has 0 aliphatic carbocycles. The van der Waals surface area contributed by atoms with Gasteiger partial charge in [-0.3, -0.25) is 24.0 Å². The van der Waals surface area contributed by atoms with Crippen molar-refractivity contribution in [2.45, 2.75) is 69.1 Å². The number of carbonyl (C=O) groups excluding carboxylic acids is 5. The van der Waals surface area contributed by atoms with E-state index < -0.39 is 66.1 Å². The van der Waals surface area contributed by atoms with E-state index in [9.17, 15) is 39.0 Å². The summed E-state index contributed by atoms with van der Waals surface area (Å²) < 4.78 is 0. The summed E-state index contributed by atoms with van der Waals surface area (Å²) in [6.45, 7) is 0.310. The normalized spacial score (nSPS) is 13.8. The lowest BCUT2D eigenvalue weighted by Crippen LogP contribution is -2.57. The van der Waals surface area contributed by atoms with Gasteiger partial charge in [0.05, 0.1) is 12.5 Å². The molecule has 0 radical (unpaired) electrons. The fraction of sp³-hybridized carbons (Fsp3) is 0.500. The molecule has 15 nitrogen and oxygen atoms in total. The highest BCUT2D eigenvalue weighted by atomic mass is 16.4. The first-order chi connectivity index (χ1) is 18.3. The molecule has 216 valence electrons. The molecule has 0 fully saturated rings. The number of hydrogen-bond donors (Lipinski definition) is 9. The monoisotopic (exact) mass is 551 g/mol. The Morgan fingerprint density at radius 3 is 1.87 bits per heavy atom. The number of carboxylic acid groups (broad SMARTS) is 1. The number of primary amides is 2. The van der Waals surface area contributed by atoms with Crippen molar-refractivity contribution in [3.05, 3.63) is 29.8 Å². The van der Waals surface area contributed by atoms with Crippen LogP contribution in [0.4, 0.5) is 0 Å². The fourth-order valence-corrected chi connectivity index (χ4v) is 3.49. The SMILES string of the molecule is NCCCCC(NC(=O)C(Cc1ccc(O)cc1)NC(=O)C(N)CCC(N)=O)C(=O)NC(CC(N)=O)C(=O)O. The highest BCUT2D eigenvalue weighted by Gasteiger charge is 2.31. The first kappa shape index (κ1) is 32.8. The second-order valence-electron chi connectivity index (χ2n) is 8.96. The first-order valence-corrected chi connectivity index (χ1v) is 12.3. The van der Waals surface area contributed by atoms with Crippen molar-refractivity contribution in [2.75, 3.05) is 6.54 Å². The lowest BCUT2D eigenvalue weighted by molar-refractivity contribution is -0.143. The molecule has 1 aromatic rings. The maximum absolute atomic E-state index is 13.3. The van der Waals surface area contributed by atoms with E-state index in [1.165, 1.54) is 24.3 Å². The van der Waals surface area contributed by atoms with Gasteiger partial charge in [0.2, 0.25) is 29.5 Å². The van der Waals surface area contributed by atoms with Gasteiger partial charge in [-0.1, -0.05) is 12.1 Å². The highest BCUT2D eigenvalue weighted by molar-refractivity contribution is 5.95. The number of nitrogens with two attached hydrogens (primary N) is 4. The van der Waals surface area contributed by atoms with Crippen molar-refractivity contribution in [1.82, 2.24) is 16.0 Å². The first-order valence-electron chi connectivity index (χ1n) is 12.3. The topological polar surface area (TPSA) is 283 Å². The molecule has 0 bridgehead atoms. The van der Waals surface area contributed by atoms with Crippen LogP contribution >= 0.6 is 0 Å². The van der Waals surface area contributed by atoms with E-state index in [2.05, 4.69) is 16.0 Å². The standard InChI is InChI=1S/C24H37N7O8/c25-10-2-1-3-16(22(36)31-18(24(38)39)12-20(28)34)29-23(37)17(11-13-4-6-14(32)7-5-13)30-21(35)15(26)8-9-19(27)33/h4-7,15-18,32H,1-3,8-12,25-26H2,(H2,27,33)(H2,28,34)(H,29,37)(H,30,35)(H,31,36)(H,38,39). The van der Waals surface area contributed by atoms with Gasteiger partial charge in [-0.15, -0.1) is 0 Å². The molecule has 0 saturated heterocycles. The molecule has 0 spiro atoms. The molecular formula is C24H37N7O8. The van der Waals surface area contributed by atoms with Gasteiger partial charge in [0, 0.05) is 12.8 Å². The van der Waals surface area contributed by atoms with Crippen molar-refractivity contribution in [3.63, 3.8) is 0 Å². The largest absolute Gasteiger partial charge is 0.508 e. The summed E-state index contributed by atoms with van der Waals surface area (Å²) >= 11 is 0. The van der Waals surface area contributed by atoms with Crippen LogP contribution in [0.1, 0.15) is 44.1 Å². The lowest BCUT2D eigenvalue weighted by atomic mass is 10.0. The van der Waals surface area contributed by atoms with Crippen LogP contribution in [-0.2, 0) is 35.2 Å². The summed E-state index contributed by atoms with van der Waals surface area (Å²) in [5.41, 5.74) is 22.1. The van der Waals surface area contributed by atoms with Gasteiger partial charge < -0.3 is 49.1 Å². The summed E-state index contributed by atoms with van der Waals surface area (Å²) in [6.07, 6.45) is 0.0547. The van der Waals surface area contributed by atoms with E-state index in [4.69, 9.17) is 22.9 Å². The van der Waals surface area contributed by atoms with Gasteiger partial charge in [-0.05, 0) is 49.9 Å². The van der Waals surface area contributed by atoms with Gasteiger partial charge in [0.25, 0.3) is 0 Å². The van der Waals surface area contributed by atoms with E-state index in [0.717, 1.165) is 0 Å². The molecule has 0 aliphatic rings. The number of nitrogens with one attached hydrogen (secondary N) is 3. The smallest absolute Gasteiger partial charge is 0.326 e. The Morgan fingerprint density at radius 2 is 1.33 bits per heavy atom. The van der Waals surface area contributed by atoms with Crippen LogP contribution in [0.25, 0.3) is 0 Å². The zero-order valence-corrected chi connectivity index (χ0v) is 21.4. The Morgan fingerprint density at radius 1 is 0.769 bits per heavy atom. The summed E-state index contributed by atoms with van der Waals surface area (Å²) in [5.74, 6) is -5.51. The zero-order valence-electron chi connectivity index (χ0n) is 21.4. The molecule has 0 aliphatic heterocycles. The van der Waals surface area contributed by atoms with Crippen LogP contribution in [0.3, 0.4) is 0 Å². The Labute approximate surface area is 225 Å². The van der Waals surface area contributed by atoms with Gasteiger partial charge in [0.15, 0.2) is 0 Å². The molecule has 1 rings (SSSR count). The highest BCUT2D eigenvalue weighted by Crippen LogP contribution is 2.12. The number of phenolic OH excluding ortho intramolecular Hbond substituents is 1. The third-order valence-corrected chi connectivity index (χ3v) is 5.65. The van der Waals surface area contributed by atoms with Gasteiger partial charge in [0.1, 0.15) is 23.9 Å². The average Bonchev–Trinajstić information content (AvgIpc) is 2.86. The van der Waals surface area contributed by atoms with E-state index >= 15 is 0 Å². The third-order valence-electron chi connectivity index (χ3n) is 5.65. The number of hydrogen-bond acceptors (Lipinski definition) is 9. The van der Waals surface area contributed by atoms with E-state index in [1.807, 2.05) is 0 Å².